The van der Waals surface area contributed by atoms with Crippen molar-refractivity contribution in [2.24, 2.45) is 38.4 Å². The summed E-state index contributed by atoms with van der Waals surface area (Å²) >= 11 is 0. The average molecular weight is 1040 g/mol. The van der Waals surface area contributed by atoms with Crippen molar-refractivity contribution < 1.29 is 50.7 Å². The van der Waals surface area contributed by atoms with Crippen molar-refractivity contribution >= 4 is 35.4 Å². The number of amides is 6. The predicted octanol–water partition coefficient (Wildman–Crippen LogP) is 11.1. The number of rotatable bonds is 6. The van der Waals surface area contributed by atoms with Gasteiger partial charge in [0.05, 0.1) is 11.6 Å². The molecule has 0 heterocycles. The fourth-order valence-corrected chi connectivity index (χ4v) is 5.69. The monoisotopic (exact) mass is 1040 g/mol. The van der Waals surface area contributed by atoms with E-state index >= 15 is 0 Å². The van der Waals surface area contributed by atoms with E-state index in [4.69, 9.17) is 0 Å². The first-order valence-corrected chi connectivity index (χ1v) is 25.6. The number of alkyl halides is 5. The molecule has 0 spiro atoms. The lowest BCUT2D eigenvalue weighted by Crippen LogP contribution is -2.69. The van der Waals surface area contributed by atoms with Crippen molar-refractivity contribution in [1.29, 1.82) is 0 Å². The van der Waals surface area contributed by atoms with Gasteiger partial charge in [0.25, 0.3) is 11.8 Å². The SMILES string of the molecule is CC(C)(C)C(=O)NC(C)(C)C(C)(F)F.CC(C)(C)C(=O)NC1(C)CC1(F)F.CC(C)(C)C(=O)NC12CC(C1)C2.CC(C)(C)C(=O)NC1CC1.CC(C)(C)C(=O)NC1CC1(C)F.CC(C)(C)NC(=O)C(C)(C)C. The minimum absolute atomic E-state index is 0.0751. The third-order valence-corrected chi connectivity index (χ3v) is 12.6. The second-order valence-electron chi connectivity index (χ2n) is 29.3. The van der Waals surface area contributed by atoms with Gasteiger partial charge in [0.15, 0.2) is 0 Å². The van der Waals surface area contributed by atoms with Crippen LogP contribution in [0.15, 0.2) is 0 Å². The molecule has 3 atom stereocenters. The molecule has 2 bridgehead atoms. The molecule has 6 aliphatic rings. The summed E-state index contributed by atoms with van der Waals surface area (Å²) in [6.45, 7) is 45.3. The van der Waals surface area contributed by atoms with E-state index in [1.165, 1.54) is 59.8 Å². The molecule has 0 aliphatic heterocycles. The third kappa shape index (κ3) is 23.8. The maximum atomic E-state index is 13.0. The van der Waals surface area contributed by atoms with Crippen molar-refractivity contribution in [3.8, 4) is 0 Å². The Morgan fingerprint density at radius 3 is 0.972 bits per heavy atom. The van der Waals surface area contributed by atoms with Crippen LogP contribution in [-0.4, -0.2) is 87.2 Å². The molecule has 6 aliphatic carbocycles. The molecule has 0 radical (unpaired) electrons. The summed E-state index contributed by atoms with van der Waals surface area (Å²) in [5.74, 6) is -5.02. The number of carbonyl (C=O) groups excluding carboxylic acids is 6. The summed E-state index contributed by atoms with van der Waals surface area (Å²) in [6, 6.07) is 0.232. The lowest BCUT2D eigenvalue weighted by atomic mass is 9.50. The minimum Gasteiger partial charge on any atom is -0.353 e. The number of nitrogens with one attached hydrogen (secondary N) is 6. The number of halogens is 5. The average Bonchev–Trinajstić information content (AvgIpc) is 4.03. The summed E-state index contributed by atoms with van der Waals surface area (Å²) in [5.41, 5.74) is -6.27. The molecule has 0 aromatic heterocycles. The van der Waals surface area contributed by atoms with Gasteiger partial charge in [-0.3, -0.25) is 28.8 Å². The van der Waals surface area contributed by atoms with Gasteiger partial charge in [0, 0.05) is 69.4 Å². The summed E-state index contributed by atoms with van der Waals surface area (Å²) in [4.78, 5) is 68.3. The van der Waals surface area contributed by atoms with Crippen LogP contribution in [0, 0.1) is 38.4 Å². The number of hydrogen-bond acceptors (Lipinski definition) is 6. The molecule has 72 heavy (non-hydrogen) atoms. The normalized spacial score (nSPS) is 25.0. The molecule has 0 aromatic carbocycles. The summed E-state index contributed by atoms with van der Waals surface area (Å²) in [5, 5.41) is 16.4. The molecule has 3 unspecified atom stereocenters. The lowest BCUT2D eigenvalue weighted by molar-refractivity contribution is -0.140. The first kappa shape index (κ1) is 68.5. The molecule has 0 saturated heterocycles. The van der Waals surface area contributed by atoms with Gasteiger partial charge in [0.1, 0.15) is 11.2 Å². The maximum absolute atomic E-state index is 13.0. The summed E-state index contributed by atoms with van der Waals surface area (Å²) < 4.78 is 64.5. The Kier molecular flexibility index (Phi) is 21.6. The molecule has 6 fully saturated rings. The Labute approximate surface area is 432 Å². The highest BCUT2D eigenvalue weighted by molar-refractivity contribution is 5.84. The van der Waals surface area contributed by atoms with Gasteiger partial charge in [-0.25, -0.2) is 22.0 Å². The highest BCUT2D eigenvalue weighted by atomic mass is 19.3. The second kappa shape index (κ2) is 22.7. The minimum atomic E-state index is -2.94. The van der Waals surface area contributed by atoms with Crippen LogP contribution >= 0.6 is 0 Å². The van der Waals surface area contributed by atoms with E-state index in [1.807, 2.05) is 104 Å². The fraction of sp³-hybridized carbons (Fsp3) is 0.891. The van der Waals surface area contributed by atoms with Crippen LogP contribution < -0.4 is 31.9 Å². The predicted molar refractivity (Wildman–Crippen MR) is 279 cm³/mol. The van der Waals surface area contributed by atoms with Crippen LogP contribution in [0.2, 0.25) is 0 Å². The van der Waals surface area contributed by atoms with Gasteiger partial charge in [0.2, 0.25) is 35.4 Å². The van der Waals surface area contributed by atoms with E-state index < -0.39 is 44.8 Å². The standard InChI is InChI=1S/C10H19F2NO.C10H17NO.C9H15F2NO.C9H16FNO.C9H19NO.C8H15NO/c1-8(2,3)7(14)13-9(4,5)10(6,11)12;1-9(2,3)8(12)11-10-4-7(5-10)6-10;1-7(2,3)6(13)12-8(4)5-9(8,10)11;1-8(2,3)7(12)11-6-5-9(6,4)10;1-8(2,3)7(11)10-9(4,5)6;1-8(2,3)7(10)9-6-4-5-6/h1-6H3,(H,13,14);7H,4-6H2,1-3H3,(H,11,12);5H2,1-4H3,(H,12,13);6H,5H2,1-4H3,(H,11,12);1-6H3,(H,10,11);6H,4-5H2,1-3H3,(H,9,10). The lowest BCUT2D eigenvalue weighted by Gasteiger charge is -2.62. The van der Waals surface area contributed by atoms with Gasteiger partial charge in [-0.1, -0.05) is 125 Å². The molecule has 6 saturated carbocycles. The van der Waals surface area contributed by atoms with Crippen molar-refractivity contribution in [3.05, 3.63) is 0 Å². The van der Waals surface area contributed by atoms with Gasteiger partial charge in [-0.05, 0) is 86.5 Å². The molecule has 422 valence electrons. The van der Waals surface area contributed by atoms with Crippen LogP contribution in [0.4, 0.5) is 22.0 Å². The Morgan fingerprint density at radius 1 is 0.444 bits per heavy atom. The van der Waals surface area contributed by atoms with Gasteiger partial charge in [-0.2, -0.15) is 0 Å². The Hall–Kier alpha value is -3.53. The van der Waals surface area contributed by atoms with Crippen molar-refractivity contribution in [2.45, 2.75) is 277 Å². The van der Waals surface area contributed by atoms with Crippen molar-refractivity contribution in [1.82, 2.24) is 31.9 Å². The summed E-state index contributed by atoms with van der Waals surface area (Å²) in [7, 11) is 0. The maximum Gasteiger partial charge on any atom is 0.273 e. The van der Waals surface area contributed by atoms with E-state index in [2.05, 4.69) is 31.9 Å². The van der Waals surface area contributed by atoms with Crippen LogP contribution in [0.5, 0.6) is 0 Å². The van der Waals surface area contributed by atoms with Gasteiger partial charge >= 0.3 is 0 Å². The number of hydrogen-bond donors (Lipinski definition) is 6. The first-order chi connectivity index (χ1) is 31.2. The van der Waals surface area contributed by atoms with Gasteiger partial charge in [-0.15, -0.1) is 0 Å². The van der Waals surface area contributed by atoms with Crippen molar-refractivity contribution in [2.75, 3.05) is 0 Å². The molecule has 17 heteroatoms. The molecule has 12 nitrogen and oxygen atoms in total. The van der Waals surface area contributed by atoms with E-state index in [9.17, 15) is 50.7 Å². The Morgan fingerprint density at radius 2 is 0.750 bits per heavy atom. The van der Waals surface area contributed by atoms with Crippen LogP contribution in [-0.2, 0) is 28.8 Å². The Balaban J connectivity index is 0.000000842. The van der Waals surface area contributed by atoms with E-state index in [0.29, 0.717) is 12.5 Å². The topological polar surface area (TPSA) is 175 Å². The highest BCUT2D eigenvalue weighted by Gasteiger charge is 2.69. The zero-order valence-electron chi connectivity index (χ0n) is 49.5. The largest absolute Gasteiger partial charge is 0.353 e. The first-order valence-electron chi connectivity index (χ1n) is 25.6. The van der Waals surface area contributed by atoms with Gasteiger partial charge < -0.3 is 31.9 Å². The molecular formula is C55H101F5N6O6. The van der Waals surface area contributed by atoms with Crippen LogP contribution in [0.3, 0.4) is 0 Å². The second-order valence-corrected chi connectivity index (χ2v) is 29.3. The van der Waals surface area contributed by atoms with E-state index in [-0.39, 0.29) is 75.2 Å². The zero-order chi connectivity index (χ0) is 57.9. The summed E-state index contributed by atoms with van der Waals surface area (Å²) in [6.07, 6.45) is 6.23. The molecule has 0 aromatic rings. The fourth-order valence-electron chi connectivity index (χ4n) is 5.69. The van der Waals surface area contributed by atoms with E-state index in [1.54, 1.807) is 41.5 Å². The number of carbonyl (C=O) groups is 6. The van der Waals surface area contributed by atoms with Crippen LogP contribution in [0.1, 0.15) is 225 Å². The zero-order valence-corrected chi connectivity index (χ0v) is 49.5. The molecule has 6 N–H and O–H groups in total. The molecule has 6 amide bonds. The van der Waals surface area contributed by atoms with E-state index in [0.717, 1.165) is 12.8 Å². The Bertz CT molecular complexity index is 1880. The highest BCUT2D eigenvalue weighted by Crippen LogP contribution is 2.57. The third-order valence-electron chi connectivity index (χ3n) is 12.6. The quantitative estimate of drug-likeness (QED) is 0.144. The molecule has 6 rings (SSSR count). The smallest absolute Gasteiger partial charge is 0.273 e. The van der Waals surface area contributed by atoms with Crippen LogP contribution in [0.25, 0.3) is 0 Å². The van der Waals surface area contributed by atoms with Crippen molar-refractivity contribution in [3.63, 3.8) is 0 Å². The molecular weight excluding hydrogens is 936 g/mol.